The lowest BCUT2D eigenvalue weighted by molar-refractivity contribution is -0.139. The molecule has 1 aromatic carbocycles. The summed E-state index contributed by atoms with van der Waals surface area (Å²) in [5, 5.41) is 0. The van der Waals surface area contributed by atoms with Gasteiger partial charge in [-0.1, -0.05) is 0 Å². The fourth-order valence-electron chi connectivity index (χ4n) is 1.10. The molecule has 0 aliphatic heterocycles. The molecule has 15 heavy (non-hydrogen) atoms. The molecule has 82 valence electrons. The second kappa shape index (κ2) is 3.88. The molecule has 0 aliphatic carbocycles. The molecule has 1 rings (SSSR count). The van der Waals surface area contributed by atoms with Crippen molar-refractivity contribution in [3.8, 4) is 5.75 Å². The summed E-state index contributed by atoms with van der Waals surface area (Å²) in [4.78, 5) is 10.3. The Morgan fingerprint density at radius 1 is 1.33 bits per heavy atom. The molecular formula is C9H6F4O2. The molecule has 6 heteroatoms. The van der Waals surface area contributed by atoms with E-state index in [0.29, 0.717) is 12.1 Å². The predicted molar refractivity (Wildman–Crippen MR) is 43.3 cm³/mol. The van der Waals surface area contributed by atoms with Gasteiger partial charge in [0.05, 0.1) is 7.11 Å². The SMILES string of the molecule is COc1c(F)cc(C=O)cc1C(F)(F)F. The highest BCUT2D eigenvalue weighted by Gasteiger charge is 2.36. The van der Waals surface area contributed by atoms with E-state index in [1.165, 1.54) is 0 Å². The summed E-state index contributed by atoms with van der Waals surface area (Å²) in [6.07, 6.45) is -4.62. The Labute approximate surface area is 82.5 Å². The third-order valence-corrected chi connectivity index (χ3v) is 1.71. The maximum Gasteiger partial charge on any atom is 0.420 e. The van der Waals surface area contributed by atoms with Gasteiger partial charge < -0.3 is 4.74 Å². The number of rotatable bonds is 2. The van der Waals surface area contributed by atoms with Gasteiger partial charge in [0.15, 0.2) is 11.6 Å². The summed E-state index contributed by atoms with van der Waals surface area (Å²) in [5.74, 6) is -2.12. The first-order valence-corrected chi connectivity index (χ1v) is 3.80. The van der Waals surface area contributed by atoms with Crippen molar-refractivity contribution in [2.24, 2.45) is 0 Å². The number of methoxy groups -OCH3 is 1. The number of ether oxygens (including phenoxy) is 1. The third-order valence-electron chi connectivity index (χ3n) is 1.71. The Morgan fingerprint density at radius 2 is 1.93 bits per heavy atom. The Bertz CT molecular complexity index is 384. The van der Waals surface area contributed by atoms with Crippen LogP contribution in [0.5, 0.6) is 5.75 Å². The maximum atomic E-state index is 13.0. The first-order chi connectivity index (χ1) is 6.90. The average Bonchev–Trinajstić information content (AvgIpc) is 2.15. The highest BCUT2D eigenvalue weighted by Crippen LogP contribution is 2.38. The zero-order chi connectivity index (χ0) is 11.6. The molecule has 0 unspecified atom stereocenters. The molecule has 2 nitrogen and oxygen atoms in total. The molecule has 0 spiro atoms. The molecule has 0 saturated carbocycles. The van der Waals surface area contributed by atoms with Crippen molar-refractivity contribution in [2.45, 2.75) is 6.18 Å². The molecule has 0 amide bonds. The van der Waals surface area contributed by atoms with Crippen LogP contribution < -0.4 is 4.74 Å². The lowest BCUT2D eigenvalue weighted by Crippen LogP contribution is -2.09. The number of alkyl halides is 3. The Kier molecular flexibility index (Phi) is 2.97. The molecule has 0 aliphatic rings. The van der Waals surface area contributed by atoms with Crippen molar-refractivity contribution in [2.75, 3.05) is 7.11 Å². The zero-order valence-electron chi connectivity index (χ0n) is 7.56. The number of aldehydes is 1. The molecule has 0 fully saturated rings. The molecule has 1 aromatic rings. The fraction of sp³-hybridized carbons (Fsp3) is 0.222. The van der Waals surface area contributed by atoms with Crippen LogP contribution in [-0.2, 0) is 6.18 Å². The number of carbonyl (C=O) groups is 1. The second-order valence-corrected chi connectivity index (χ2v) is 2.70. The molecule has 0 aromatic heterocycles. The van der Waals surface area contributed by atoms with Gasteiger partial charge in [-0.25, -0.2) is 4.39 Å². The van der Waals surface area contributed by atoms with Crippen LogP contribution in [0.15, 0.2) is 12.1 Å². The Balaban J connectivity index is 3.45. The van der Waals surface area contributed by atoms with E-state index in [-0.39, 0.29) is 11.8 Å². The summed E-state index contributed by atoms with van der Waals surface area (Å²) < 4.78 is 54.4. The van der Waals surface area contributed by atoms with Gasteiger partial charge in [0.25, 0.3) is 0 Å². The first kappa shape index (κ1) is 11.5. The van der Waals surface area contributed by atoms with Gasteiger partial charge >= 0.3 is 6.18 Å². The van der Waals surface area contributed by atoms with Gasteiger partial charge in [-0.15, -0.1) is 0 Å². The highest BCUT2D eigenvalue weighted by molar-refractivity contribution is 5.76. The smallest absolute Gasteiger partial charge is 0.420 e. The molecule has 0 heterocycles. The van der Waals surface area contributed by atoms with Crippen molar-refractivity contribution < 1.29 is 27.1 Å². The summed E-state index contributed by atoms with van der Waals surface area (Å²) in [7, 11) is 0.925. The standard InChI is InChI=1S/C9H6F4O2/c1-15-8-6(9(11,12)13)2-5(4-14)3-7(8)10/h2-4H,1H3. The van der Waals surface area contributed by atoms with E-state index < -0.39 is 23.3 Å². The van der Waals surface area contributed by atoms with E-state index in [4.69, 9.17) is 0 Å². The lowest BCUT2D eigenvalue weighted by atomic mass is 10.1. The van der Waals surface area contributed by atoms with Crippen LogP contribution in [0.25, 0.3) is 0 Å². The number of carbonyl (C=O) groups excluding carboxylic acids is 1. The van der Waals surface area contributed by atoms with Gasteiger partial charge in [0.2, 0.25) is 0 Å². The van der Waals surface area contributed by atoms with Crippen molar-refractivity contribution in [3.63, 3.8) is 0 Å². The van der Waals surface area contributed by atoms with Gasteiger partial charge in [0, 0.05) is 5.56 Å². The quantitative estimate of drug-likeness (QED) is 0.568. The second-order valence-electron chi connectivity index (χ2n) is 2.70. The molecule has 0 N–H and O–H groups in total. The number of halogens is 4. The first-order valence-electron chi connectivity index (χ1n) is 3.80. The Hall–Kier alpha value is -1.59. The van der Waals surface area contributed by atoms with Gasteiger partial charge in [-0.05, 0) is 12.1 Å². The molecule has 0 bridgehead atoms. The van der Waals surface area contributed by atoms with Crippen LogP contribution in [0.4, 0.5) is 17.6 Å². The van der Waals surface area contributed by atoms with Crippen molar-refractivity contribution >= 4 is 6.29 Å². The normalized spacial score (nSPS) is 11.3. The van der Waals surface area contributed by atoms with Crippen molar-refractivity contribution in [3.05, 3.63) is 29.1 Å². The van der Waals surface area contributed by atoms with E-state index in [2.05, 4.69) is 4.74 Å². The summed E-state index contributed by atoms with van der Waals surface area (Å²) in [5.41, 5.74) is -1.69. The lowest BCUT2D eigenvalue weighted by Gasteiger charge is -2.12. The van der Waals surface area contributed by atoms with Crippen LogP contribution in [0.1, 0.15) is 15.9 Å². The minimum atomic E-state index is -4.76. The van der Waals surface area contributed by atoms with Crippen LogP contribution >= 0.6 is 0 Å². The van der Waals surface area contributed by atoms with Crippen LogP contribution in [-0.4, -0.2) is 13.4 Å². The van der Waals surface area contributed by atoms with Gasteiger partial charge in [-0.3, -0.25) is 4.79 Å². The highest BCUT2D eigenvalue weighted by atomic mass is 19.4. The maximum absolute atomic E-state index is 13.0. The zero-order valence-corrected chi connectivity index (χ0v) is 7.56. The van der Waals surface area contributed by atoms with Crippen molar-refractivity contribution in [1.29, 1.82) is 0 Å². The molecule has 0 radical (unpaired) electrons. The van der Waals surface area contributed by atoms with Crippen LogP contribution in [0.3, 0.4) is 0 Å². The number of hydrogen-bond acceptors (Lipinski definition) is 2. The third kappa shape index (κ3) is 2.26. The minimum Gasteiger partial charge on any atom is -0.493 e. The van der Waals surface area contributed by atoms with E-state index >= 15 is 0 Å². The molecule has 0 atom stereocenters. The summed E-state index contributed by atoms with van der Waals surface area (Å²) in [6, 6.07) is 1.22. The van der Waals surface area contributed by atoms with Gasteiger partial charge in [0.1, 0.15) is 11.8 Å². The number of hydrogen-bond donors (Lipinski definition) is 0. The summed E-state index contributed by atoms with van der Waals surface area (Å²) >= 11 is 0. The Morgan fingerprint density at radius 3 is 2.33 bits per heavy atom. The largest absolute Gasteiger partial charge is 0.493 e. The van der Waals surface area contributed by atoms with E-state index in [9.17, 15) is 22.4 Å². The predicted octanol–water partition coefficient (Wildman–Crippen LogP) is 2.67. The minimum absolute atomic E-state index is 0.137. The summed E-state index contributed by atoms with van der Waals surface area (Å²) in [6.45, 7) is 0. The van der Waals surface area contributed by atoms with Crippen LogP contribution in [0.2, 0.25) is 0 Å². The monoisotopic (exact) mass is 222 g/mol. The van der Waals surface area contributed by atoms with E-state index in [1.807, 2.05) is 0 Å². The molecule has 0 saturated heterocycles. The average molecular weight is 222 g/mol. The fourth-order valence-corrected chi connectivity index (χ4v) is 1.10. The van der Waals surface area contributed by atoms with Crippen LogP contribution in [0, 0.1) is 5.82 Å². The van der Waals surface area contributed by atoms with Crippen molar-refractivity contribution in [1.82, 2.24) is 0 Å². The molecular weight excluding hydrogens is 216 g/mol. The topological polar surface area (TPSA) is 26.3 Å². The van der Waals surface area contributed by atoms with E-state index in [1.54, 1.807) is 0 Å². The van der Waals surface area contributed by atoms with E-state index in [0.717, 1.165) is 7.11 Å². The van der Waals surface area contributed by atoms with Gasteiger partial charge in [-0.2, -0.15) is 13.2 Å². The number of benzene rings is 1.